The third-order valence-corrected chi connectivity index (χ3v) is 0.716. The zero-order valence-corrected chi connectivity index (χ0v) is 3.35. The number of hydrogen-bond donors (Lipinski definition) is 1. The van der Waals surface area contributed by atoms with Gasteiger partial charge in [-0.2, -0.15) is 0 Å². The molecule has 1 aliphatic heterocycles. The van der Waals surface area contributed by atoms with Crippen LogP contribution >= 0.6 is 0 Å². The number of nitrogens with one attached hydrogen (secondary N) is 1. The molecule has 0 aromatic heterocycles. The normalized spacial score (nSPS) is 39.7. The van der Waals surface area contributed by atoms with Crippen molar-refractivity contribution in [3.8, 4) is 0 Å². The lowest BCUT2D eigenvalue weighted by Crippen LogP contribution is -2.12. The summed E-state index contributed by atoms with van der Waals surface area (Å²) in [6.07, 6.45) is -0.144. The van der Waals surface area contributed by atoms with Gasteiger partial charge in [-0.05, 0) is 6.42 Å². The summed E-state index contributed by atoms with van der Waals surface area (Å²) >= 11 is 0. The van der Waals surface area contributed by atoms with Gasteiger partial charge in [-0.15, -0.1) is 0 Å². The highest BCUT2D eigenvalue weighted by atomic mass is 16.1. The molecule has 2 heteroatoms. The number of hydrogen-bond acceptors (Lipinski definition) is 1. The molecule has 34 valence electrons. The first-order valence-corrected chi connectivity index (χ1v) is 1.94. The van der Waals surface area contributed by atoms with E-state index in [-0.39, 0.29) is 5.91 Å². The van der Waals surface area contributed by atoms with Gasteiger partial charge in [0.05, 0.1) is 0 Å². The van der Waals surface area contributed by atoms with E-state index in [1.807, 2.05) is 0 Å². The van der Waals surface area contributed by atoms with Crippen LogP contribution in [0.2, 0.25) is 1.41 Å². The Hall–Kier alpha value is -0.530. The molecule has 6 heavy (non-hydrogen) atoms. The molecule has 1 N–H and O–H groups in total. The van der Waals surface area contributed by atoms with Crippen molar-refractivity contribution >= 4 is 5.91 Å². The van der Waals surface area contributed by atoms with Gasteiger partial charge >= 0.3 is 0 Å². The van der Waals surface area contributed by atoms with Crippen LogP contribution in [-0.2, 0) is 4.79 Å². The maximum atomic E-state index is 10.5. The molecule has 0 bridgehead atoms. The third kappa shape index (κ3) is 0.506. The predicted molar refractivity (Wildman–Crippen MR) is 22.2 cm³/mol. The molecule has 1 rings (SSSR count). The number of amides is 1. The van der Waals surface area contributed by atoms with Crippen molar-refractivity contribution in [3.05, 3.63) is 0 Å². The van der Waals surface area contributed by atoms with Gasteiger partial charge < -0.3 is 5.31 Å². The summed E-state index contributed by atoms with van der Waals surface area (Å²) in [6, 6.07) is 0. The number of carbonyl (C=O) groups is 1. The highest BCUT2D eigenvalue weighted by molar-refractivity contribution is 5.77. The zero-order chi connectivity index (χ0) is 6.15. The molecule has 0 radical (unpaired) electrons. The summed E-state index contributed by atoms with van der Waals surface area (Å²) in [7, 11) is 0. The van der Waals surface area contributed by atoms with E-state index in [0.717, 1.165) is 5.31 Å². The molecule has 1 heterocycles. The highest BCUT2D eigenvalue weighted by Gasteiger charge is 2.05. The first-order valence-electron chi connectivity index (χ1n) is 2.97. The van der Waals surface area contributed by atoms with Gasteiger partial charge in [0.25, 0.3) is 0 Å². The standard InChI is InChI=1S/C4H7NO/c6-4-2-1-3-5-4/h1-3H2,(H,5,6)/i2D/hD. The van der Waals surface area contributed by atoms with Gasteiger partial charge in [0.1, 0.15) is 0 Å². The van der Waals surface area contributed by atoms with Crippen LogP contribution in [0.5, 0.6) is 0 Å². The van der Waals surface area contributed by atoms with Crippen LogP contribution in [0, 0.1) is 0 Å². The minimum atomic E-state index is -0.660. The van der Waals surface area contributed by atoms with Crippen LogP contribution in [-0.4, -0.2) is 12.5 Å². The topological polar surface area (TPSA) is 29.1 Å². The van der Waals surface area contributed by atoms with E-state index in [1.165, 1.54) is 0 Å². The minimum Gasteiger partial charge on any atom is -0.356 e. The van der Waals surface area contributed by atoms with Crippen molar-refractivity contribution < 1.29 is 7.58 Å². The smallest absolute Gasteiger partial charge is 0.220 e. The fraction of sp³-hybridized carbons (Fsp3) is 0.750. The number of carbonyl (C=O) groups excluding carboxylic acids is 1. The van der Waals surface area contributed by atoms with Crippen LogP contribution in [0.15, 0.2) is 0 Å². The van der Waals surface area contributed by atoms with Gasteiger partial charge in [0, 0.05) is 14.3 Å². The van der Waals surface area contributed by atoms with Crippen molar-refractivity contribution in [2.45, 2.75) is 12.8 Å². The highest BCUT2D eigenvalue weighted by Crippen LogP contribution is 1.93. The Morgan fingerprint density at radius 1 is 2.17 bits per heavy atom. The lowest BCUT2D eigenvalue weighted by molar-refractivity contribution is -0.119. The summed E-state index contributed by atoms with van der Waals surface area (Å²) in [5.74, 6) is -0.370. The van der Waals surface area contributed by atoms with Crippen LogP contribution in [0.1, 0.15) is 14.2 Å². The molecule has 1 amide bonds. The Kier molecular flexibility index (Phi) is 0.420. The molecule has 0 spiro atoms. The van der Waals surface area contributed by atoms with Crippen molar-refractivity contribution in [2.24, 2.45) is 0 Å². The maximum Gasteiger partial charge on any atom is 0.220 e. The Labute approximate surface area is 39.4 Å². The first kappa shape index (κ1) is 1.96. The molecule has 2 nitrogen and oxygen atoms in total. The molecule has 0 saturated carbocycles. The van der Waals surface area contributed by atoms with E-state index < -0.39 is 6.40 Å². The molecule has 1 atom stereocenters. The summed E-state index contributed by atoms with van der Waals surface area (Å²) in [5, 5.41) is 0.845. The quantitative estimate of drug-likeness (QED) is 0.439. The Morgan fingerprint density at radius 3 is 3.17 bits per heavy atom. The Balaban J connectivity index is 2.57. The summed E-state index contributed by atoms with van der Waals surface area (Å²) in [6.45, 7) is 0.424. The molecule has 1 fully saturated rings. The van der Waals surface area contributed by atoms with Crippen molar-refractivity contribution in [2.75, 3.05) is 6.54 Å². The van der Waals surface area contributed by atoms with Gasteiger partial charge in [0.15, 0.2) is 1.41 Å². The second-order valence-electron chi connectivity index (χ2n) is 1.21. The molecule has 0 aromatic carbocycles. The molecule has 1 saturated heterocycles. The van der Waals surface area contributed by atoms with Gasteiger partial charge in [-0.25, -0.2) is 0 Å². The zero-order valence-electron chi connectivity index (χ0n) is 5.35. The average Bonchev–Trinajstić information content (AvgIpc) is 1.98. The van der Waals surface area contributed by atoms with E-state index in [2.05, 4.69) is 0 Å². The fourth-order valence-corrected chi connectivity index (χ4v) is 0.427. The third-order valence-electron chi connectivity index (χ3n) is 0.716. The summed E-state index contributed by atoms with van der Waals surface area (Å²) in [4.78, 5) is 10.5. The first-order chi connectivity index (χ1) is 3.72. The largest absolute Gasteiger partial charge is 0.356 e. The van der Waals surface area contributed by atoms with E-state index in [0.29, 0.717) is 13.0 Å². The summed E-state index contributed by atoms with van der Waals surface area (Å²) in [5.41, 5.74) is 0. The van der Waals surface area contributed by atoms with Crippen LogP contribution in [0.4, 0.5) is 0 Å². The van der Waals surface area contributed by atoms with E-state index >= 15 is 0 Å². The lowest BCUT2D eigenvalue weighted by Gasteiger charge is -1.80. The molecule has 0 aromatic rings. The molecule has 1 aliphatic rings. The fourth-order valence-electron chi connectivity index (χ4n) is 0.427. The molecular formula is C4H7NO. The SMILES string of the molecule is [2H]C1CCN([2H])C1=O. The molecular weight excluding hydrogens is 78.0 g/mol. The van der Waals surface area contributed by atoms with Crippen molar-refractivity contribution in [1.82, 2.24) is 5.31 Å². The molecule has 0 aliphatic carbocycles. The van der Waals surface area contributed by atoms with E-state index in [4.69, 9.17) is 2.78 Å². The van der Waals surface area contributed by atoms with Gasteiger partial charge in [-0.3, -0.25) is 4.79 Å². The van der Waals surface area contributed by atoms with Crippen LogP contribution in [0.3, 0.4) is 0 Å². The Morgan fingerprint density at radius 2 is 3.00 bits per heavy atom. The maximum absolute atomic E-state index is 10.5. The van der Waals surface area contributed by atoms with Crippen molar-refractivity contribution in [3.63, 3.8) is 0 Å². The average molecular weight is 87.1 g/mol. The van der Waals surface area contributed by atoms with E-state index in [1.54, 1.807) is 0 Å². The molecule has 1 unspecified atom stereocenters. The monoisotopic (exact) mass is 87.1 g/mol. The second kappa shape index (κ2) is 1.29. The van der Waals surface area contributed by atoms with Crippen LogP contribution < -0.4 is 5.31 Å². The van der Waals surface area contributed by atoms with Gasteiger partial charge in [0.2, 0.25) is 5.91 Å². The number of rotatable bonds is 0. The lowest BCUT2D eigenvalue weighted by atomic mass is 10.4. The predicted octanol–water partition coefficient (Wildman–Crippen LogP) is -0.104. The second-order valence-corrected chi connectivity index (χ2v) is 1.21. The minimum absolute atomic E-state index is 0.370. The Bertz CT molecular complexity index is 105. The van der Waals surface area contributed by atoms with Crippen LogP contribution in [0.25, 0.3) is 0 Å². The summed E-state index contributed by atoms with van der Waals surface area (Å²) < 4.78 is 13.8. The van der Waals surface area contributed by atoms with Crippen molar-refractivity contribution in [1.29, 1.82) is 0 Å². The van der Waals surface area contributed by atoms with E-state index in [9.17, 15) is 4.79 Å². The van der Waals surface area contributed by atoms with Gasteiger partial charge in [-0.1, -0.05) is 0 Å².